The van der Waals surface area contributed by atoms with Crippen LogP contribution in [-0.2, 0) is 13.1 Å². The van der Waals surface area contributed by atoms with Gasteiger partial charge in [0.1, 0.15) is 0 Å². The predicted octanol–water partition coefficient (Wildman–Crippen LogP) is 3.59. The van der Waals surface area contributed by atoms with E-state index in [-0.39, 0.29) is 5.91 Å². The van der Waals surface area contributed by atoms with Crippen LogP contribution in [0.25, 0.3) is 11.3 Å². The van der Waals surface area contributed by atoms with E-state index in [0.29, 0.717) is 18.7 Å². The van der Waals surface area contributed by atoms with Crippen molar-refractivity contribution in [3.8, 4) is 11.3 Å². The van der Waals surface area contributed by atoms with E-state index >= 15 is 0 Å². The zero-order valence-electron chi connectivity index (χ0n) is 15.6. The third-order valence-corrected chi connectivity index (χ3v) is 4.53. The predicted molar refractivity (Wildman–Crippen MR) is 108 cm³/mol. The maximum absolute atomic E-state index is 12.8. The van der Waals surface area contributed by atoms with Crippen molar-refractivity contribution < 1.29 is 4.79 Å². The largest absolute Gasteiger partial charge is 0.336 e. The molecule has 1 amide bonds. The van der Waals surface area contributed by atoms with Crippen LogP contribution in [0.4, 0.5) is 0 Å². The van der Waals surface area contributed by atoms with Crippen molar-refractivity contribution in [2.45, 2.75) is 13.1 Å². The molecule has 2 heterocycles. The molecule has 4 aromatic rings. The fourth-order valence-corrected chi connectivity index (χ4v) is 3.13. The van der Waals surface area contributed by atoms with Crippen molar-refractivity contribution in [2.75, 3.05) is 7.05 Å². The fourth-order valence-electron chi connectivity index (χ4n) is 3.13. The molecule has 0 unspecified atom stereocenters. The maximum Gasteiger partial charge on any atom is 0.253 e. The number of carbonyl (C=O) groups is 1. The Kier molecular flexibility index (Phi) is 5.01. The van der Waals surface area contributed by atoms with Crippen LogP contribution in [0, 0.1) is 0 Å². The Balaban J connectivity index is 1.44. The van der Waals surface area contributed by atoms with Gasteiger partial charge in [0.05, 0.1) is 24.5 Å². The third kappa shape index (κ3) is 4.01. The molecule has 0 radical (unpaired) electrons. The van der Waals surface area contributed by atoms with E-state index in [9.17, 15) is 4.79 Å². The van der Waals surface area contributed by atoms with Crippen molar-refractivity contribution in [3.63, 3.8) is 0 Å². The van der Waals surface area contributed by atoms with Crippen LogP contribution in [0.3, 0.4) is 0 Å². The van der Waals surface area contributed by atoms with E-state index < -0.39 is 0 Å². The van der Waals surface area contributed by atoms with Gasteiger partial charge in [0.15, 0.2) is 0 Å². The number of aromatic amines is 1. The number of nitrogens with one attached hydrogen (secondary N) is 1. The molecule has 0 bridgehead atoms. The Labute approximate surface area is 163 Å². The van der Waals surface area contributed by atoms with Gasteiger partial charge in [-0.1, -0.05) is 42.5 Å². The Morgan fingerprint density at radius 1 is 1.07 bits per heavy atom. The SMILES string of the molecule is CN(Cc1cc(-c2ccccc2)n[nH]1)C(=O)c1cccc(Cn2cccn2)c1. The first-order valence-electron chi connectivity index (χ1n) is 9.10. The van der Waals surface area contributed by atoms with Gasteiger partial charge in [-0.2, -0.15) is 10.2 Å². The summed E-state index contributed by atoms with van der Waals surface area (Å²) in [6.45, 7) is 1.10. The van der Waals surface area contributed by atoms with E-state index in [0.717, 1.165) is 22.5 Å². The van der Waals surface area contributed by atoms with Crippen LogP contribution in [0.1, 0.15) is 21.6 Å². The summed E-state index contributed by atoms with van der Waals surface area (Å²) in [5.41, 5.74) is 4.51. The molecule has 0 aliphatic carbocycles. The summed E-state index contributed by atoms with van der Waals surface area (Å²) < 4.78 is 1.84. The molecule has 0 saturated heterocycles. The number of amides is 1. The van der Waals surface area contributed by atoms with Gasteiger partial charge < -0.3 is 4.90 Å². The summed E-state index contributed by atoms with van der Waals surface area (Å²) in [4.78, 5) is 14.5. The molecule has 0 aliphatic heterocycles. The van der Waals surface area contributed by atoms with E-state index in [1.165, 1.54) is 0 Å². The Morgan fingerprint density at radius 3 is 2.71 bits per heavy atom. The average molecular weight is 371 g/mol. The minimum absolute atomic E-state index is 0.0295. The van der Waals surface area contributed by atoms with Crippen molar-refractivity contribution in [2.24, 2.45) is 0 Å². The molecule has 140 valence electrons. The Morgan fingerprint density at radius 2 is 1.93 bits per heavy atom. The lowest BCUT2D eigenvalue weighted by atomic mass is 10.1. The van der Waals surface area contributed by atoms with Gasteiger partial charge in [0.2, 0.25) is 0 Å². The number of rotatable bonds is 6. The number of hydrogen-bond donors (Lipinski definition) is 1. The van der Waals surface area contributed by atoms with Gasteiger partial charge in [-0.3, -0.25) is 14.6 Å². The molecule has 28 heavy (non-hydrogen) atoms. The standard InChI is InChI=1S/C22H21N5O/c1-26(16-20-14-21(25-24-20)18-8-3-2-4-9-18)22(28)19-10-5-7-17(13-19)15-27-12-6-11-23-27/h2-14H,15-16H2,1H3,(H,24,25). The van der Waals surface area contributed by atoms with Crippen molar-refractivity contribution in [1.29, 1.82) is 0 Å². The number of aromatic nitrogens is 4. The molecule has 0 aliphatic rings. The van der Waals surface area contributed by atoms with Gasteiger partial charge in [-0.05, 0) is 29.8 Å². The maximum atomic E-state index is 12.8. The normalized spacial score (nSPS) is 10.8. The average Bonchev–Trinajstić information content (AvgIpc) is 3.40. The minimum Gasteiger partial charge on any atom is -0.336 e. The first-order valence-corrected chi connectivity index (χ1v) is 9.10. The molecule has 6 heteroatoms. The lowest BCUT2D eigenvalue weighted by Gasteiger charge is -2.16. The van der Waals surface area contributed by atoms with E-state index in [1.807, 2.05) is 77.6 Å². The highest BCUT2D eigenvalue weighted by Gasteiger charge is 2.14. The second-order valence-corrected chi connectivity index (χ2v) is 6.71. The van der Waals surface area contributed by atoms with Crippen molar-refractivity contribution in [1.82, 2.24) is 24.9 Å². The molecule has 0 atom stereocenters. The highest BCUT2D eigenvalue weighted by Crippen LogP contribution is 2.18. The topological polar surface area (TPSA) is 66.8 Å². The van der Waals surface area contributed by atoms with Crippen LogP contribution in [-0.4, -0.2) is 37.8 Å². The first-order chi connectivity index (χ1) is 13.7. The van der Waals surface area contributed by atoms with E-state index in [1.54, 1.807) is 18.1 Å². The molecular weight excluding hydrogens is 350 g/mol. The van der Waals surface area contributed by atoms with Gasteiger partial charge in [-0.25, -0.2) is 0 Å². The number of hydrogen-bond acceptors (Lipinski definition) is 3. The quantitative estimate of drug-likeness (QED) is 0.563. The molecule has 2 aromatic carbocycles. The second kappa shape index (κ2) is 7.92. The van der Waals surface area contributed by atoms with Crippen LogP contribution >= 0.6 is 0 Å². The monoisotopic (exact) mass is 371 g/mol. The molecule has 4 rings (SSSR count). The summed E-state index contributed by atoms with van der Waals surface area (Å²) >= 11 is 0. The summed E-state index contributed by atoms with van der Waals surface area (Å²) in [6.07, 6.45) is 3.65. The lowest BCUT2D eigenvalue weighted by Crippen LogP contribution is -2.26. The van der Waals surface area contributed by atoms with Gasteiger partial charge in [0.25, 0.3) is 5.91 Å². The lowest BCUT2D eigenvalue weighted by molar-refractivity contribution is 0.0783. The highest BCUT2D eigenvalue weighted by atomic mass is 16.2. The number of carbonyl (C=O) groups excluding carboxylic acids is 1. The summed E-state index contributed by atoms with van der Waals surface area (Å²) in [6, 6.07) is 21.5. The number of benzene rings is 2. The molecular formula is C22H21N5O. The zero-order valence-corrected chi connectivity index (χ0v) is 15.6. The van der Waals surface area contributed by atoms with Crippen molar-refractivity contribution >= 4 is 5.91 Å². The third-order valence-electron chi connectivity index (χ3n) is 4.53. The van der Waals surface area contributed by atoms with Crippen LogP contribution < -0.4 is 0 Å². The summed E-state index contributed by atoms with van der Waals surface area (Å²) in [5.74, 6) is -0.0295. The smallest absolute Gasteiger partial charge is 0.253 e. The Hall–Kier alpha value is -3.67. The summed E-state index contributed by atoms with van der Waals surface area (Å²) in [5, 5.41) is 11.6. The molecule has 1 N–H and O–H groups in total. The minimum atomic E-state index is -0.0295. The van der Waals surface area contributed by atoms with E-state index in [4.69, 9.17) is 0 Å². The van der Waals surface area contributed by atoms with Gasteiger partial charge >= 0.3 is 0 Å². The van der Waals surface area contributed by atoms with Gasteiger partial charge in [-0.15, -0.1) is 0 Å². The molecule has 0 fully saturated rings. The fraction of sp³-hybridized carbons (Fsp3) is 0.136. The van der Waals surface area contributed by atoms with Crippen molar-refractivity contribution in [3.05, 3.63) is 95.9 Å². The molecule has 0 spiro atoms. The molecule has 6 nitrogen and oxygen atoms in total. The van der Waals surface area contributed by atoms with Gasteiger partial charge in [0, 0.05) is 30.6 Å². The number of H-pyrrole nitrogens is 1. The van der Waals surface area contributed by atoms with E-state index in [2.05, 4.69) is 15.3 Å². The van der Waals surface area contributed by atoms with Crippen LogP contribution in [0.15, 0.2) is 79.1 Å². The summed E-state index contributed by atoms with van der Waals surface area (Å²) in [7, 11) is 1.80. The highest BCUT2D eigenvalue weighted by molar-refractivity contribution is 5.94. The molecule has 0 saturated carbocycles. The van der Waals surface area contributed by atoms with Crippen LogP contribution in [0.2, 0.25) is 0 Å². The second-order valence-electron chi connectivity index (χ2n) is 6.71. The zero-order chi connectivity index (χ0) is 19.3. The number of nitrogens with zero attached hydrogens (tertiary/aromatic N) is 4. The first kappa shape index (κ1) is 17.7. The van der Waals surface area contributed by atoms with Crippen LogP contribution in [0.5, 0.6) is 0 Å². The molecule has 2 aromatic heterocycles. The Bertz CT molecular complexity index is 1050.